The number of ether oxygens (including phenoxy) is 3. The van der Waals surface area contributed by atoms with E-state index >= 15 is 0 Å². The molecule has 3 heterocycles. The van der Waals surface area contributed by atoms with Crippen LogP contribution in [-0.4, -0.2) is 40.4 Å². The van der Waals surface area contributed by atoms with E-state index in [1.807, 2.05) is 36.4 Å². The summed E-state index contributed by atoms with van der Waals surface area (Å²) >= 11 is 0. The standard InChI is InChI=1S/C30H39N3O3/c1-3-5-7-8-9-10-20-34-30-25(27-21-31-18-19-32-27)16-17-26(33-30)23-12-14-24(15-13-23)35-22-29-28(36-29)11-6-4-2/h12-19,21,28-29H,3-11,20,22H2,1-2H3/t28-,29-/m0/s1. The number of unbranched alkanes of at least 4 members (excludes halogenated alkanes) is 6. The maximum atomic E-state index is 6.18. The van der Waals surface area contributed by atoms with Crippen LogP contribution in [-0.2, 0) is 4.74 Å². The van der Waals surface area contributed by atoms with Gasteiger partial charge in [-0.2, -0.15) is 0 Å². The minimum atomic E-state index is 0.234. The van der Waals surface area contributed by atoms with Gasteiger partial charge in [-0.05, 0) is 49.2 Å². The molecule has 0 aliphatic carbocycles. The fourth-order valence-corrected chi connectivity index (χ4v) is 4.28. The Labute approximate surface area is 215 Å². The summed E-state index contributed by atoms with van der Waals surface area (Å²) in [5.41, 5.74) is 3.50. The van der Waals surface area contributed by atoms with Gasteiger partial charge in [-0.25, -0.2) is 4.98 Å². The Morgan fingerprint density at radius 3 is 2.36 bits per heavy atom. The fraction of sp³-hybridized carbons (Fsp3) is 0.500. The molecule has 6 nitrogen and oxygen atoms in total. The molecule has 36 heavy (non-hydrogen) atoms. The highest BCUT2D eigenvalue weighted by molar-refractivity contribution is 5.69. The number of hydrogen-bond donors (Lipinski definition) is 0. The molecule has 0 N–H and O–H groups in total. The van der Waals surface area contributed by atoms with Gasteiger partial charge in [0, 0.05) is 18.0 Å². The van der Waals surface area contributed by atoms with Crippen molar-refractivity contribution in [1.29, 1.82) is 0 Å². The van der Waals surface area contributed by atoms with Gasteiger partial charge in [-0.1, -0.05) is 58.8 Å². The zero-order valence-corrected chi connectivity index (χ0v) is 21.7. The Kier molecular flexibility index (Phi) is 10.1. The zero-order chi connectivity index (χ0) is 25.0. The van der Waals surface area contributed by atoms with Crippen LogP contribution in [0.15, 0.2) is 55.0 Å². The molecular formula is C30H39N3O3. The van der Waals surface area contributed by atoms with Crippen molar-refractivity contribution in [2.45, 2.75) is 83.8 Å². The summed E-state index contributed by atoms with van der Waals surface area (Å²) in [4.78, 5) is 13.5. The molecule has 2 aromatic heterocycles. The van der Waals surface area contributed by atoms with Crippen LogP contribution in [0.1, 0.15) is 71.6 Å². The number of rotatable bonds is 16. The second-order valence-electron chi connectivity index (χ2n) is 9.45. The van der Waals surface area contributed by atoms with Gasteiger partial charge in [0.25, 0.3) is 0 Å². The number of benzene rings is 1. The highest BCUT2D eigenvalue weighted by Gasteiger charge is 2.38. The van der Waals surface area contributed by atoms with E-state index in [9.17, 15) is 0 Å². The molecule has 6 heteroatoms. The lowest BCUT2D eigenvalue weighted by molar-refractivity contribution is 0.259. The molecular weight excluding hydrogens is 450 g/mol. The Morgan fingerprint density at radius 1 is 0.778 bits per heavy atom. The Morgan fingerprint density at radius 2 is 1.58 bits per heavy atom. The zero-order valence-electron chi connectivity index (χ0n) is 21.7. The molecule has 3 aromatic rings. The van der Waals surface area contributed by atoms with Crippen molar-refractivity contribution in [3.63, 3.8) is 0 Å². The molecule has 0 unspecified atom stereocenters. The first kappa shape index (κ1) is 26.1. The smallest absolute Gasteiger partial charge is 0.223 e. The third kappa shape index (κ3) is 7.76. The highest BCUT2D eigenvalue weighted by atomic mass is 16.6. The van der Waals surface area contributed by atoms with Crippen LogP contribution in [0.5, 0.6) is 11.6 Å². The Balaban J connectivity index is 1.38. The van der Waals surface area contributed by atoms with E-state index < -0.39 is 0 Å². The van der Waals surface area contributed by atoms with E-state index in [1.165, 1.54) is 44.9 Å². The van der Waals surface area contributed by atoms with Gasteiger partial charge in [0.05, 0.1) is 35.9 Å². The average Bonchev–Trinajstić information content (AvgIpc) is 3.69. The van der Waals surface area contributed by atoms with Crippen LogP contribution in [0.4, 0.5) is 0 Å². The van der Waals surface area contributed by atoms with Crippen molar-refractivity contribution >= 4 is 0 Å². The molecule has 0 saturated carbocycles. The minimum absolute atomic E-state index is 0.234. The first-order valence-corrected chi connectivity index (χ1v) is 13.6. The van der Waals surface area contributed by atoms with Crippen molar-refractivity contribution in [2.75, 3.05) is 13.2 Å². The van der Waals surface area contributed by atoms with E-state index in [2.05, 4.69) is 23.8 Å². The van der Waals surface area contributed by atoms with E-state index in [1.54, 1.807) is 18.6 Å². The topological polar surface area (TPSA) is 69.7 Å². The largest absolute Gasteiger partial charge is 0.491 e. The van der Waals surface area contributed by atoms with Crippen molar-refractivity contribution in [2.24, 2.45) is 0 Å². The molecule has 1 aliphatic heterocycles. The molecule has 0 amide bonds. The van der Waals surface area contributed by atoms with Crippen LogP contribution in [0.25, 0.3) is 22.5 Å². The van der Waals surface area contributed by atoms with Gasteiger partial charge >= 0.3 is 0 Å². The highest BCUT2D eigenvalue weighted by Crippen LogP contribution is 2.32. The number of aromatic nitrogens is 3. The second kappa shape index (κ2) is 13.9. The molecule has 1 fully saturated rings. The van der Waals surface area contributed by atoms with Crippen molar-refractivity contribution in [1.82, 2.24) is 15.0 Å². The first-order chi connectivity index (χ1) is 17.8. The van der Waals surface area contributed by atoms with E-state index in [0.717, 1.165) is 41.1 Å². The third-order valence-corrected chi connectivity index (χ3v) is 6.53. The predicted molar refractivity (Wildman–Crippen MR) is 143 cm³/mol. The maximum Gasteiger partial charge on any atom is 0.223 e. The Bertz CT molecular complexity index is 1040. The van der Waals surface area contributed by atoms with Gasteiger partial charge in [0.1, 0.15) is 18.5 Å². The minimum Gasteiger partial charge on any atom is -0.491 e. The normalized spacial score (nSPS) is 16.6. The summed E-state index contributed by atoms with van der Waals surface area (Å²) in [7, 11) is 0. The van der Waals surface area contributed by atoms with Crippen LogP contribution < -0.4 is 9.47 Å². The monoisotopic (exact) mass is 489 g/mol. The number of pyridine rings is 1. The number of nitrogens with zero attached hydrogens (tertiary/aromatic N) is 3. The van der Waals surface area contributed by atoms with Crippen molar-refractivity contribution in [3.8, 4) is 34.1 Å². The second-order valence-corrected chi connectivity index (χ2v) is 9.45. The van der Waals surface area contributed by atoms with Crippen LogP contribution >= 0.6 is 0 Å². The van der Waals surface area contributed by atoms with E-state index in [0.29, 0.717) is 25.2 Å². The molecule has 4 rings (SSSR count). The van der Waals surface area contributed by atoms with Crippen LogP contribution in [0.3, 0.4) is 0 Å². The van der Waals surface area contributed by atoms with E-state index in [-0.39, 0.29) is 6.10 Å². The van der Waals surface area contributed by atoms with Crippen LogP contribution in [0, 0.1) is 0 Å². The lowest BCUT2D eigenvalue weighted by atomic mass is 10.1. The summed E-state index contributed by atoms with van der Waals surface area (Å²) in [6, 6.07) is 12.1. The third-order valence-electron chi connectivity index (χ3n) is 6.53. The molecule has 192 valence electrons. The summed E-state index contributed by atoms with van der Waals surface area (Å²) in [5, 5.41) is 0. The molecule has 1 aromatic carbocycles. The summed E-state index contributed by atoms with van der Waals surface area (Å²) < 4.78 is 17.8. The lowest BCUT2D eigenvalue weighted by Gasteiger charge is -2.12. The van der Waals surface area contributed by atoms with Gasteiger partial charge in [0.15, 0.2) is 0 Å². The SMILES string of the molecule is CCCCCCCCOc1nc(-c2ccc(OC[C@@H]3O[C@H]3CCCC)cc2)ccc1-c1cnccn1. The van der Waals surface area contributed by atoms with Gasteiger partial charge < -0.3 is 14.2 Å². The summed E-state index contributed by atoms with van der Waals surface area (Å²) in [6.45, 7) is 5.70. The van der Waals surface area contributed by atoms with Crippen molar-refractivity contribution in [3.05, 3.63) is 55.0 Å². The molecule has 0 bridgehead atoms. The first-order valence-electron chi connectivity index (χ1n) is 13.6. The molecule has 1 aliphatic rings. The molecule has 2 atom stereocenters. The molecule has 1 saturated heterocycles. The van der Waals surface area contributed by atoms with Crippen molar-refractivity contribution < 1.29 is 14.2 Å². The van der Waals surface area contributed by atoms with E-state index in [4.69, 9.17) is 19.2 Å². The average molecular weight is 490 g/mol. The van der Waals surface area contributed by atoms with Crippen LogP contribution in [0.2, 0.25) is 0 Å². The summed E-state index contributed by atoms with van der Waals surface area (Å²) in [6.07, 6.45) is 16.6. The van der Waals surface area contributed by atoms with Gasteiger partial charge in [-0.15, -0.1) is 0 Å². The van der Waals surface area contributed by atoms with Gasteiger partial charge in [-0.3, -0.25) is 9.97 Å². The maximum absolute atomic E-state index is 6.18. The number of hydrogen-bond acceptors (Lipinski definition) is 6. The van der Waals surface area contributed by atoms with Gasteiger partial charge in [0.2, 0.25) is 5.88 Å². The Hall–Kier alpha value is -2.99. The fourth-order valence-electron chi connectivity index (χ4n) is 4.28. The number of epoxide rings is 1. The molecule has 0 spiro atoms. The molecule has 0 radical (unpaired) electrons. The quantitative estimate of drug-likeness (QED) is 0.155. The predicted octanol–water partition coefficient (Wildman–Crippen LogP) is 7.28. The lowest BCUT2D eigenvalue weighted by Crippen LogP contribution is -2.07. The summed E-state index contributed by atoms with van der Waals surface area (Å²) in [5.74, 6) is 1.45.